The Hall–Kier alpha value is -1.57. The van der Waals surface area contributed by atoms with Gasteiger partial charge in [-0.3, -0.25) is 9.52 Å². The number of nitrogens with one attached hydrogen (secondary N) is 1. The summed E-state index contributed by atoms with van der Waals surface area (Å²) < 4.78 is 27.3. The Morgan fingerprint density at radius 2 is 1.76 bits per heavy atom. The Bertz CT molecular complexity index is 792. The lowest BCUT2D eigenvalue weighted by atomic mass is 10.2. The molecule has 2 aromatic carbocycles. The van der Waals surface area contributed by atoms with E-state index in [1.807, 2.05) is 0 Å². The van der Waals surface area contributed by atoms with Gasteiger partial charge >= 0.3 is 0 Å². The summed E-state index contributed by atoms with van der Waals surface area (Å²) in [5, 5.41) is 0.416. The molecule has 0 heterocycles. The van der Waals surface area contributed by atoms with Crippen molar-refractivity contribution < 1.29 is 13.2 Å². The molecular weight excluding hydrogens is 380 g/mol. The lowest BCUT2D eigenvalue weighted by Crippen LogP contribution is -2.14. The second kappa shape index (κ2) is 6.05. The van der Waals surface area contributed by atoms with Crippen LogP contribution in [0.5, 0.6) is 0 Å². The van der Waals surface area contributed by atoms with Crippen LogP contribution in [0.1, 0.15) is 10.4 Å². The highest BCUT2D eigenvalue weighted by molar-refractivity contribution is 9.10. The molecule has 0 bridgehead atoms. The lowest BCUT2D eigenvalue weighted by Gasteiger charge is -2.09. The molecule has 0 unspecified atom stereocenters. The van der Waals surface area contributed by atoms with Gasteiger partial charge in [0, 0.05) is 15.7 Å². The highest BCUT2D eigenvalue weighted by atomic mass is 79.9. The van der Waals surface area contributed by atoms with E-state index < -0.39 is 15.9 Å². The number of carbonyl (C=O) groups is 1. The summed E-state index contributed by atoms with van der Waals surface area (Å²) in [4.78, 5) is 11.0. The fraction of sp³-hybridized carbons (Fsp3) is 0. The first-order chi connectivity index (χ1) is 9.79. The highest BCUT2D eigenvalue weighted by Gasteiger charge is 2.15. The molecule has 0 fully saturated rings. The highest BCUT2D eigenvalue weighted by Crippen LogP contribution is 2.26. The third kappa shape index (κ3) is 3.75. The molecule has 0 aliphatic heterocycles. The number of benzene rings is 2. The molecule has 0 aliphatic rings. The molecular formula is C13H10BrClN2O3S. The summed E-state index contributed by atoms with van der Waals surface area (Å²) in [6.45, 7) is 0. The molecule has 0 aromatic heterocycles. The minimum Gasteiger partial charge on any atom is -0.366 e. The smallest absolute Gasteiger partial charge is 0.261 e. The molecule has 0 atom stereocenters. The second-order valence-corrected chi connectivity index (χ2v) is 7.07. The van der Waals surface area contributed by atoms with E-state index in [2.05, 4.69) is 20.7 Å². The summed E-state index contributed by atoms with van der Waals surface area (Å²) in [6, 6.07) is 10.1. The van der Waals surface area contributed by atoms with Crippen LogP contribution in [0.15, 0.2) is 51.8 Å². The van der Waals surface area contributed by atoms with Crippen LogP contribution in [0, 0.1) is 0 Å². The van der Waals surface area contributed by atoms with E-state index in [4.69, 9.17) is 17.3 Å². The van der Waals surface area contributed by atoms with Gasteiger partial charge in [0.1, 0.15) is 0 Å². The van der Waals surface area contributed by atoms with Gasteiger partial charge in [-0.25, -0.2) is 8.42 Å². The van der Waals surface area contributed by atoms with Crippen LogP contribution >= 0.6 is 27.5 Å². The van der Waals surface area contributed by atoms with E-state index in [9.17, 15) is 13.2 Å². The monoisotopic (exact) mass is 388 g/mol. The quantitative estimate of drug-likeness (QED) is 0.842. The molecule has 5 nitrogen and oxygen atoms in total. The lowest BCUT2D eigenvalue weighted by molar-refractivity contribution is 0.100. The molecule has 8 heteroatoms. The number of hydrogen-bond acceptors (Lipinski definition) is 3. The molecule has 0 saturated heterocycles. The summed E-state index contributed by atoms with van der Waals surface area (Å²) in [7, 11) is -3.74. The number of carbonyl (C=O) groups excluding carboxylic acids is 1. The van der Waals surface area contributed by atoms with Gasteiger partial charge in [0.2, 0.25) is 5.91 Å². The van der Waals surface area contributed by atoms with E-state index in [0.717, 1.165) is 0 Å². The van der Waals surface area contributed by atoms with Crippen LogP contribution in [0.2, 0.25) is 5.02 Å². The summed E-state index contributed by atoms with van der Waals surface area (Å²) >= 11 is 9.01. The molecule has 0 aliphatic carbocycles. The normalized spacial score (nSPS) is 11.1. The first-order valence-corrected chi connectivity index (χ1v) is 8.33. The Labute approximate surface area is 135 Å². The molecule has 21 heavy (non-hydrogen) atoms. The van der Waals surface area contributed by atoms with E-state index in [0.29, 0.717) is 20.7 Å². The van der Waals surface area contributed by atoms with Crippen molar-refractivity contribution in [3.63, 3.8) is 0 Å². The molecule has 0 saturated carbocycles. The van der Waals surface area contributed by atoms with E-state index in [-0.39, 0.29) is 4.90 Å². The van der Waals surface area contributed by atoms with Gasteiger partial charge in [-0.15, -0.1) is 0 Å². The van der Waals surface area contributed by atoms with Crippen LogP contribution in [0.4, 0.5) is 5.69 Å². The second-order valence-electron chi connectivity index (χ2n) is 4.12. The van der Waals surface area contributed by atoms with Crippen molar-refractivity contribution >= 4 is 49.1 Å². The van der Waals surface area contributed by atoms with Crippen LogP contribution in [0.3, 0.4) is 0 Å². The Morgan fingerprint density at radius 1 is 1.14 bits per heavy atom. The number of nitrogens with two attached hydrogens (primary N) is 1. The zero-order valence-corrected chi connectivity index (χ0v) is 13.7. The molecule has 2 rings (SSSR count). The standard InChI is InChI=1S/C13H10BrClN2O3S/c14-11-7-10(5-6-12(11)15)21(19,20)17-9-3-1-8(2-4-9)13(16)18/h1-7,17H,(H2,16,18). The number of hydrogen-bond donors (Lipinski definition) is 2. The maximum Gasteiger partial charge on any atom is 0.261 e. The third-order valence-electron chi connectivity index (χ3n) is 2.62. The van der Waals surface area contributed by atoms with E-state index in [1.165, 1.54) is 42.5 Å². The number of primary amides is 1. The van der Waals surface area contributed by atoms with Crippen LogP contribution in [-0.2, 0) is 10.0 Å². The fourth-order valence-electron chi connectivity index (χ4n) is 1.56. The minimum absolute atomic E-state index is 0.0674. The molecule has 3 N–H and O–H groups in total. The van der Waals surface area contributed by atoms with Crippen molar-refractivity contribution in [2.45, 2.75) is 4.90 Å². The Morgan fingerprint density at radius 3 is 2.29 bits per heavy atom. The van der Waals surface area contributed by atoms with Crippen molar-refractivity contribution in [2.24, 2.45) is 5.73 Å². The predicted molar refractivity (Wildman–Crippen MR) is 84.9 cm³/mol. The van der Waals surface area contributed by atoms with Gasteiger partial charge < -0.3 is 5.73 Å². The minimum atomic E-state index is -3.74. The molecule has 2 aromatic rings. The topological polar surface area (TPSA) is 89.3 Å². The third-order valence-corrected chi connectivity index (χ3v) is 5.22. The number of amides is 1. The molecule has 110 valence electrons. The first-order valence-electron chi connectivity index (χ1n) is 5.67. The van der Waals surface area contributed by atoms with Crippen molar-refractivity contribution in [1.82, 2.24) is 0 Å². The number of rotatable bonds is 4. The number of sulfonamides is 1. The van der Waals surface area contributed by atoms with Crippen molar-refractivity contribution in [2.75, 3.05) is 4.72 Å². The fourth-order valence-corrected chi connectivity index (χ4v) is 3.29. The van der Waals surface area contributed by atoms with Gasteiger partial charge in [0.25, 0.3) is 10.0 Å². The summed E-state index contributed by atoms with van der Waals surface area (Å²) in [6.07, 6.45) is 0. The molecule has 0 spiro atoms. The van der Waals surface area contributed by atoms with Gasteiger partial charge in [-0.05, 0) is 58.4 Å². The van der Waals surface area contributed by atoms with E-state index >= 15 is 0 Å². The van der Waals surface area contributed by atoms with Crippen molar-refractivity contribution in [3.8, 4) is 0 Å². The summed E-state index contributed by atoms with van der Waals surface area (Å²) in [5.41, 5.74) is 5.74. The maximum absolute atomic E-state index is 12.2. The Kier molecular flexibility index (Phi) is 4.55. The summed E-state index contributed by atoms with van der Waals surface area (Å²) in [5.74, 6) is -0.578. The SMILES string of the molecule is NC(=O)c1ccc(NS(=O)(=O)c2ccc(Cl)c(Br)c2)cc1. The average Bonchev–Trinajstić information content (AvgIpc) is 2.42. The van der Waals surface area contributed by atoms with Crippen molar-refractivity contribution in [1.29, 1.82) is 0 Å². The van der Waals surface area contributed by atoms with Crippen LogP contribution in [0.25, 0.3) is 0 Å². The predicted octanol–water partition coefficient (Wildman–Crippen LogP) is 3.00. The van der Waals surface area contributed by atoms with Gasteiger partial charge in [0.15, 0.2) is 0 Å². The maximum atomic E-state index is 12.2. The zero-order valence-electron chi connectivity index (χ0n) is 10.5. The van der Waals surface area contributed by atoms with Crippen LogP contribution < -0.4 is 10.5 Å². The van der Waals surface area contributed by atoms with E-state index in [1.54, 1.807) is 0 Å². The zero-order chi connectivity index (χ0) is 15.6. The average molecular weight is 390 g/mol. The van der Waals surface area contributed by atoms with Gasteiger partial charge in [-0.1, -0.05) is 11.6 Å². The largest absolute Gasteiger partial charge is 0.366 e. The molecule has 1 amide bonds. The molecule has 0 radical (unpaired) electrons. The van der Waals surface area contributed by atoms with Gasteiger partial charge in [-0.2, -0.15) is 0 Å². The Balaban J connectivity index is 2.28. The first kappa shape index (κ1) is 15.8. The van der Waals surface area contributed by atoms with Gasteiger partial charge in [0.05, 0.1) is 9.92 Å². The number of anilines is 1. The number of halogens is 2. The van der Waals surface area contributed by atoms with Crippen molar-refractivity contribution in [3.05, 3.63) is 57.5 Å². The van der Waals surface area contributed by atoms with Crippen LogP contribution in [-0.4, -0.2) is 14.3 Å².